The van der Waals surface area contributed by atoms with E-state index in [0.29, 0.717) is 10.6 Å². The lowest BCUT2D eigenvalue weighted by Crippen LogP contribution is -2.18. The van der Waals surface area contributed by atoms with Crippen LogP contribution in [0.5, 0.6) is 0 Å². The van der Waals surface area contributed by atoms with Gasteiger partial charge in [-0.25, -0.2) is 9.78 Å². The molecule has 0 spiro atoms. The molecule has 4 nitrogen and oxygen atoms in total. The molecule has 0 bridgehead atoms. The smallest absolute Gasteiger partial charge is 0.348 e. The van der Waals surface area contributed by atoms with Crippen molar-refractivity contribution >= 4 is 17.3 Å². The third kappa shape index (κ3) is 2.73. The molecule has 0 radical (unpaired) electrons. The Labute approximate surface area is 121 Å². The van der Waals surface area contributed by atoms with E-state index in [9.17, 15) is 9.90 Å². The minimum atomic E-state index is -0.894. The predicted molar refractivity (Wildman–Crippen MR) is 79.0 cm³/mol. The molecule has 2 heterocycles. The standard InChI is InChI=1S/C15H16N2O2S/c18-15(19)14-13(11-6-2-1-3-7-11)16-12(20-14)10-17-8-4-5-9-17/h1-3,6-7H,4-5,8-10H2,(H,18,19). The van der Waals surface area contributed by atoms with E-state index in [-0.39, 0.29) is 0 Å². The second-order valence-electron chi connectivity index (χ2n) is 4.94. The van der Waals surface area contributed by atoms with E-state index < -0.39 is 5.97 Å². The molecule has 0 aliphatic carbocycles. The maximum absolute atomic E-state index is 11.4. The third-order valence-electron chi connectivity index (χ3n) is 3.47. The van der Waals surface area contributed by atoms with Gasteiger partial charge in [-0.15, -0.1) is 11.3 Å². The Bertz CT molecular complexity index is 604. The van der Waals surface area contributed by atoms with Crippen molar-refractivity contribution in [1.82, 2.24) is 9.88 Å². The normalized spacial score (nSPS) is 15.6. The lowest BCUT2D eigenvalue weighted by Gasteiger charge is -2.11. The SMILES string of the molecule is O=C(O)c1sc(CN2CCCC2)nc1-c1ccccc1. The van der Waals surface area contributed by atoms with Gasteiger partial charge < -0.3 is 5.11 Å². The van der Waals surface area contributed by atoms with E-state index in [4.69, 9.17) is 0 Å². The van der Waals surface area contributed by atoms with Gasteiger partial charge in [0.15, 0.2) is 0 Å². The molecule has 1 saturated heterocycles. The molecule has 1 N–H and O–H groups in total. The van der Waals surface area contributed by atoms with Crippen LogP contribution in [0.3, 0.4) is 0 Å². The monoisotopic (exact) mass is 288 g/mol. The Morgan fingerprint density at radius 1 is 1.25 bits per heavy atom. The maximum Gasteiger partial charge on any atom is 0.348 e. The van der Waals surface area contributed by atoms with Crippen molar-refractivity contribution in [2.45, 2.75) is 19.4 Å². The summed E-state index contributed by atoms with van der Waals surface area (Å²) in [6.07, 6.45) is 2.45. The van der Waals surface area contributed by atoms with Crippen LogP contribution in [-0.4, -0.2) is 34.0 Å². The predicted octanol–water partition coefficient (Wildman–Crippen LogP) is 3.10. The van der Waals surface area contributed by atoms with Crippen LogP contribution in [0.25, 0.3) is 11.3 Å². The van der Waals surface area contributed by atoms with Crippen molar-refractivity contribution in [1.29, 1.82) is 0 Å². The fourth-order valence-corrected chi connectivity index (χ4v) is 3.47. The van der Waals surface area contributed by atoms with Crippen molar-refractivity contribution in [3.8, 4) is 11.3 Å². The van der Waals surface area contributed by atoms with E-state index in [1.807, 2.05) is 30.3 Å². The Hall–Kier alpha value is -1.72. The number of rotatable bonds is 4. The van der Waals surface area contributed by atoms with Gasteiger partial charge in [0.2, 0.25) is 0 Å². The molecule has 1 aromatic carbocycles. The van der Waals surface area contributed by atoms with Gasteiger partial charge in [-0.3, -0.25) is 4.90 Å². The highest BCUT2D eigenvalue weighted by Crippen LogP contribution is 2.29. The summed E-state index contributed by atoms with van der Waals surface area (Å²) in [7, 11) is 0. The number of aromatic carboxylic acids is 1. The number of likely N-dealkylation sites (tertiary alicyclic amines) is 1. The molecule has 0 amide bonds. The minimum Gasteiger partial charge on any atom is -0.477 e. The summed E-state index contributed by atoms with van der Waals surface area (Å²) in [5, 5.41) is 10.2. The van der Waals surface area contributed by atoms with Crippen molar-refractivity contribution in [2.75, 3.05) is 13.1 Å². The summed E-state index contributed by atoms with van der Waals surface area (Å²) >= 11 is 1.30. The average molecular weight is 288 g/mol. The van der Waals surface area contributed by atoms with E-state index in [2.05, 4.69) is 9.88 Å². The first-order chi connectivity index (χ1) is 9.74. The van der Waals surface area contributed by atoms with Gasteiger partial charge in [0.25, 0.3) is 0 Å². The minimum absolute atomic E-state index is 0.338. The first kappa shape index (κ1) is 13.3. The zero-order valence-electron chi connectivity index (χ0n) is 11.1. The molecule has 1 aliphatic heterocycles. The van der Waals surface area contributed by atoms with Gasteiger partial charge >= 0.3 is 5.97 Å². The van der Waals surface area contributed by atoms with Gasteiger partial charge in [0, 0.05) is 5.56 Å². The third-order valence-corrected chi connectivity index (χ3v) is 4.50. The van der Waals surface area contributed by atoms with E-state index >= 15 is 0 Å². The Balaban J connectivity index is 1.92. The van der Waals surface area contributed by atoms with Gasteiger partial charge in [-0.2, -0.15) is 0 Å². The van der Waals surface area contributed by atoms with Crippen LogP contribution in [0, 0.1) is 0 Å². The average Bonchev–Trinajstić information content (AvgIpc) is 3.10. The zero-order chi connectivity index (χ0) is 13.9. The molecule has 2 aromatic rings. The van der Waals surface area contributed by atoms with Crippen LogP contribution < -0.4 is 0 Å². The molecule has 0 saturated carbocycles. The molecule has 1 fully saturated rings. The second-order valence-corrected chi connectivity index (χ2v) is 6.02. The maximum atomic E-state index is 11.4. The number of carbonyl (C=O) groups is 1. The summed E-state index contributed by atoms with van der Waals surface area (Å²) in [6.45, 7) is 2.93. The van der Waals surface area contributed by atoms with Crippen LogP contribution in [0.4, 0.5) is 0 Å². The number of benzene rings is 1. The number of carboxylic acids is 1. The number of hydrogen-bond acceptors (Lipinski definition) is 4. The Morgan fingerprint density at radius 2 is 1.95 bits per heavy atom. The molecule has 104 valence electrons. The molecule has 3 rings (SSSR count). The quantitative estimate of drug-likeness (QED) is 0.939. The summed E-state index contributed by atoms with van der Waals surface area (Å²) < 4.78 is 0. The van der Waals surface area contributed by atoms with Crippen LogP contribution >= 0.6 is 11.3 Å². The zero-order valence-corrected chi connectivity index (χ0v) is 11.9. The van der Waals surface area contributed by atoms with Gasteiger partial charge in [-0.1, -0.05) is 30.3 Å². The molecule has 0 atom stereocenters. The first-order valence-electron chi connectivity index (χ1n) is 6.75. The van der Waals surface area contributed by atoms with Gasteiger partial charge in [0.1, 0.15) is 9.88 Å². The Morgan fingerprint density at radius 3 is 2.60 bits per heavy atom. The van der Waals surface area contributed by atoms with Crippen molar-refractivity contribution in [2.24, 2.45) is 0 Å². The number of thiazole rings is 1. The first-order valence-corrected chi connectivity index (χ1v) is 7.56. The fourth-order valence-electron chi connectivity index (χ4n) is 2.50. The molecular formula is C15H16N2O2S. The van der Waals surface area contributed by atoms with Gasteiger partial charge in [-0.05, 0) is 25.9 Å². The van der Waals surface area contributed by atoms with E-state index in [1.165, 1.54) is 24.2 Å². The highest BCUT2D eigenvalue weighted by atomic mass is 32.1. The van der Waals surface area contributed by atoms with Crippen LogP contribution in [-0.2, 0) is 6.54 Å². The molecule has 5 heteroatoms. The second kappa shape index (κ2) is 5.73. The number of carboxylic acid groups (broad SMARTS) is 1. The van der Waals surface area contributed by atoms with E-state index in [0.717, 1.165) is 30.2 Å². The molecule has 0 unspecified atom stereocenters. The number of hydrogen-bond donors (Lipinski definition) is 1. The molecular weight excluding hydrogens is 272 g/mol. The van der Waals surface area contributed by atoms with Gasteiger partial charge in [0.05, 0.1) is 12.2 Å². The van der Waals surface area contributed by atoms with E-state index in [1.54, 1.807) is 0 Å². The topological polar surface area (TPSA) is 53.4 Å². The summed E-state index contributed by atoms with van der Waals surface area (Å²) in [6, 6.07) is 9.53. The van der Waals surface area contributed by atoms with Crippen molar-refractivity contribution in [3.05, 3.63) is 40.2 Å². The fraction of sp³-hybridized carbons (Fsp3) is 0.333. The summed E-state index contributed by atoms with van der Waals surface area (Å²) in [5.41, 5.74) is 1.46. The highest BCUT2D eigenvalue weighted by molar-refractivity contribution is 7.14. The molecule has 1 aromatic heterocycles. The highest BCUT2D eigenvalue weighted by Gasteiger charge is 2.20. The number of nitrogens with zero attached hydrogens (tertiary/aromatic N) is 2. The summed E-state index contributed by atoms with van der Waals surface area (Å²) in [5.74, 6) is -0.894. The van der Waals surface area contributed by atoms with Crippen molar-refractivity contribution in [3.63, 3.8) is 0 Å². The summed E-state index contributed by atoms with van der Waals surface area (Å²) in [4.78, 5) is 18.6. The van der Waals surface area contributed by atoms with Crippen molar-refractivity contribution < 1.29 is 9.90 Å². The van der Waals surface area contributed by atoms with Crippen LogP contribution in [0.15, 0.2) is 30.3 Å². The lowest BCUT2D eigenvalue weighted by molar-refractivity contribution is 0.0702. The van der Waals surface area contributed by atoms with Crippen LogP contribution in [0.1, 0.15) is 27.5 Å². The molecule has 1 aliphatic rings. The Kier molecular flexibility index (Phi) is 3.80. The lowest BCUT2D eigenvalue weighted by atomic mass is 10.1. The van der Waals surface area contributed by atoms with Crippen LogP contribution in [0.2, 0.25) is 0 Å². The number of aromatic nitrogens is 1. The largest absolute Gasteiger partial charge is 0.477 e. The molecule has 20 heavy (non-hydrogen) atoms.